The molecule has 0 aliphatic heterocycles. The molecule has 8 heteroatoms. The lowest BCUT2D eigenvalue weighted by Gasteiger charge is -2.13. The number of benzene rings is 3. The Labute approximate surface area is 193 Å². The standard InChI is InChI=1S/C23H20BrClN2O4/c1-29-21-12-17(11-20(24)23(21)31-14-16-5-3-2-4-6-16)13-26-27-22(28)15-30-19-9-7-18(25)8-10-19/h2-13H,14-15H2,1H3,(H,27,28)/b26-13+. The first-order valence-electron chi connectivity index (χ1n) is 9.29. The van der Waals surface area contributed by atoms with E-state index in [1.165, 1.54) is 6.21 Å². The van der Waals surface area contributed by atoms with Gasteiger partial charge in [-0.3, -0.25) is 4.79 Å². The van der Waals surface area contributed by atoms with Gasteiger partial charge in [0.2, 0.25) is 0 Å². The summed E-state index contributed by atoms with van der Waals surface area (Å²) in [5, 5.41) is 4.56. The second kappa shape index (κ2) is 11.4. The maximum atomic E-state index is 11.9. The fourth-order valence-electron chi connectivity index (χ4n) is 2.57. The zero-order chi connectivity index (χ0) is 22.1. The first-order valence-corrected chi connectivity index (χ1v) is 10.5. The second-order valence-electron chi connectivity index (χ2n) is 6.34. The fourth-order valence-corrected chi connectivity index (χ4v) is 3.28. The predicted molar refractivity (Wildman–Crippen MR) is 124 cm³/mol. The Morgan fingerprint density at radius 2 is 1.84 bits per heavy atom. The summed E-state index contributed by atoms with van der Waals surface area (Å²) in [4.78, 5) is 11.9. The van der Waals surface area contributed by atoms with Crippen molar-refractivity contribution in [1.82, 2.24) is 5.43 Å². The number of hydrazone groups is 1. The van der Waals surface area contributed by atoms with E-state index >= 15 is 0 Å². The van der Waals surface area contributed by atoms with Crippen LogP contribution in [0.2, 0.25) is 5.02 Å². The summed E-state index contributed by atoms with van der Waals surface area (Å²) in [6.07, 6.45) is 1.51. The van der Waals surface area contributed by atoms with E-state index < -0.39 is 0 Å². The van der Waals surface area contributed by atoms with E-state index in [-0.39, 0.29) is 12.5 Å². The SMILES string of the molecule is COc1cc(/C=N/NC(=O)COc2ccc(Cl)cc2)cc(Br)c1OCc1ccccc1. The lowest BCUT2D eigenvalue weighted by Crippen LogP contribution is -2.24. The molecule has 0 bridgehead atoms. The number of halogens is 2. The molecule has 0 radical (unpaired) electrons. The molecule has 3 rings (SSSR count). The van der Waals surface area contributed by atoms with Crippen LogP contribution in [0.15, 0.2) is 76.3 Å². The first-order chi connectivity index (χ1) is 15.0. The minimum absolute atomic E-state index is 0.168. The van der Waals surface area contributed by atoms with Gasteiger partial charge in [0, 0.05) is 5.02 Å². The highest BCUT2D eigenvalue weighted by Gasteiger charge is 2.11. The average molecular weight is 504 g/mol. The molecule has 1 N–H and O–H groups in total. The Hall–Kier alpha value is -3.03. The summed E-state index contributed by atoms with van der Waals surface area (Å²) in [7, 11) is 1.56. The third-order valence-electron chi connectivity index (χ3n) is 4.06. The number of carbonyl (C=O) groups excluding carboxylic acids is 1. The van der Waals surface area contributed by atoms with Gasteiger partial charge in [0.15, 0.2) is 18.1 Å². The minimum atomic E-state index is -0.389. The molecule has 0 unspecified atom stereocenters. The normalized spacial score (nSPS) is 10.7. The molecule has 0 aromatic heterocycles. The van der Waals surface area contributed by atoms with E-state index in [2.05, 4.69) is 26.5 Å². The highest BCUT2D eigenvalue weighted by Crippen LogP contribution is 2.36. The molecule has 0 fully saturated rings. The molecule has 0 aliphatic carbocycles. The lowest BCUT2D eigenvalue weighted by molar-refractivity contribution is -0.123. The molecular formula is C23H20BrClN2O4. The van der Waals surface area contributed by atoms with Crippen LogP contribution in [0.25, 0.3) is 0 Å². The molecule has 0 heterocycles. The fraction of sp³-hybridized carbons (Fsp3) is 0.130. The van der Waals surface area contributed by atoms with Gasteiger partial charge in [-0.15, -0.1) is 0 Å². The van der Waals surface area contributed by atoms with Crippen LogP contribution < -0.4 is 19.6 Å². The van der Waals surface area contributed by atoms with Crippen molar-refractivity contribution in [2.24, 2.45) is 5.10 Å². The quantitative estimate of drug-likeness (QED) is 0.321. The van der Waals surface area contributed by atoms with Crippen LogP contribution in [-0.4, -0.2) is 25.8 Å². The molecule has 6 nitrogen and oxygen atoms in total. The average Bonchev–Trinajstić information content (AvgIpc) is 2.78. The zero-order valence-electron chi connectivity index (χ0n) is 16.7. The number of ether oxygens (including phenoxy) is 3. The molecule has 31 heavy (non-hydrogen) atoms. The number of amides is 1. The van der Waals surface area contributed by atoms with Crippen molar-refractivity contribution in [1.29, 1.82) is 0 Å². The van der Waals surface area contributed by atoms with Crippen molar-refractivity contribution >= 4 is 39.7 Å². The summed E-state index contributed by atoms with van der Waals surface area (Å²) >= 11 is 9.32. The summed E-state index contributed by atoms with van der Waals surface area (Å²) in [6, 6.07) is 20.2. The highest BCUT2D eigenvalue weighted by molar-refractivity contribution is 9.10. The van der Waals surface area contributed by atoms with E-state index in [9.17, 15) is 4.79 Å². The summed E-state index contributed by atoms with van der Waals surface area (Å²) in [5.74, 6) is 1.29. The van der Waals surface area contributed by atoms with E-state index in [0.29, 0.717) is 33.4 Å². The van der Waals surface area contributed by atoms with Crippen LogP contribution in [0, 0.1) is 0 Å². The van der Waals surface area contributed by atoms with Gasteiger partial charge in [-0.25, -0.2) is 5.43 Å². The number of carbonyl (C=O) groups is 1. The van der Waals surface area contributed by atoms with E-state index in [0.717, 1.165) is 11.1 Å². The van der Waals surface area contributed by atoms with Gasteiger partial charge in [0.25, 0.3) is 5.91 Å². The van der Waals surface area contributed by atoms with Crippen LogP contribution in [0.4, 0.5) is 0 Å². The molecule has 0 saturated heterocycles. The van der Waals surface area contributed by atoms with E-state index in [1.807, 2.05) is 36.4 Å². The largest absolute Gasteiger partial charge is 0.493 e. The van der Waals surface area contributed by atoms with Crippen molar-refractivity contribution in [3.05, 3.63) is 87.4 Å². The molecule has 0 saturated carbocycles. The molecule has 0 spiro atoms. The Bertz CT molecular complexity index is 1040. The maximum Gasteiger partial charge on any atom is 0.277 e. The Morgan fingerprint density at radius 1 is 1.10 bits per heavy atom. The van der Waals surface area contributed by atoms with Gasteiger partial charge < -0.3 is 14.2 Å². The summed E-state index contributed by atoms with van der Waals surface area (Å²) < 4.78 is 17.4. The molecular weight excluding hydrogens is 484 g/mol. The van der Waals surface area contributed by atoms with Crippen LogP contribution in [0.3, 0.4) is 0 Å². The summed E-state index contributed by atoms with van der Waals surface area (Å²) in [6.45, 7) is 0.241. The molecule has 1 amide bonds. The van der Waals surface area contributed by atoms with Gasteiger partial charge in [0.1, 0.15) is 12.4 Å². The monoisotopic (exact) mass is 502 g/mol. The van der Waals surface area contributed by atoms with Gasteiger partial charge in [-0.2, -0.15) is 5.10 Å². The van der Waals surface area contributed by atoms with Crippen LogP contribution in [0.5, 0.6) is 17.2 Å². The smallest absolute Gasteiger partial charge is 0.277 e. The molecule has 160 valence electrons. The molecule has 0 aliphatic rings. The van der Waals surface area contributed by atoms with E-state index in [4.69, 9.17) is 25.8 Å². The zero-order valence-corrected chi connectivity index (χ0v) is 19.0. The minimum Gasteiger partial charge on any atom is -0.493 e. The third kappa shape index (κ3) is 7.01. The van der Waals surface area contributed by atoms with E-state index in [1.54, 1.807) is 37.4 Å². The van der Waals surface area contributed by atoms with Crippen LogP contribution in [0.1, 0.15) is 11.1 Å². The van der Waals surface area contributed by atoms with Crippen molar-refractivity contribution in [2.45, 2.75) is 6.61 Å². The Morgan fingerprint density at radius 3 is 2.55 bits per heavy atom. The van der Waals surface area contributed by atoms with Crippen molar-refractivity contribution < 1.29 is 19.0 Å². The van der Waals surface area contributed by atoms with Crippen LogP contribution >= 0.6 is 27.5 Å². The summed E-state index contributed by atoms with van der Waals surface area (Å²) in [5.41, 5.74) is 4.19. The second-order valence-corrected chi connectivity index (χ2v) is 7.63. The lowest BCUT2D eigenvalue weighted by atomic mass is 10.2. The number of hydrogen-bond acceptors (Lipinski definition) is 5. The van der Waals surface area contributed by atoms with Crippen molar-refractivity contribution in [3.8, 4) is 17.2 Å². The highest BCUT2D eigenvalue weighted by atomic mass is 79.9. The maximum absolute atomic E-state index is 11.9. The van der Waals surface area contributed by atoms with Crippen molar-refractivity contribution in [2.75, 3.05) is 13.7 Å². The van der Waals surface area contributed by atoms with Crippen molar-refractivity contribution in [3.63, 3.8) is 0 Å². The van der Waals surface area contributed by atoms with Gasteiger partial charge in [-0.1, -0.05) is 41.9 Å². The number of nitrogens with zero attached hydrogens (tertiary/aromatic N) is 1. The number of rotatable bonds is 9. The van der Waals surface area contributed by atoms with Gasteiger partial charge in [0.05, 0.1) is 17.8 Å². The number of methoxy groups -OCH3 is 1. The molecule has 0 atom stereocenters. The molecule has 3 aromatic rings. The predicted octanol–water partition coefficient (Wildman–Crippen LogP) is 5.22. The molecule has 3 aromatic carbocycles. The van der Waals surface area contributed by atoms with Crippen LogP contribution in [-0.2, 0) is 11.4 Å². The topological polar surface area (TPSA) is 69.2 Å². The number of nitrogens with one attached hydrogen (secondary N) is 1. The Balaban J connectivity index is 1.56. The third-order valence-corrected chi connectivity index (χ3v) is 4.91. The first kappa shape index (κ1) is 22.7. The number of hydrogen-bond donors (Lipinski definition) is 1. The Kier molecular flexibility index (Phi) is 8.32. The van der Waals surface area contributed by atoms with Gasteiger partial charge in [-0.05, 0) is 63.5 Å². The van der Waals surface area contributed by atoms with Gasteiger partial charge >= 0.3 is 0 Å².